The number of rotatable bonds is 4. The second-order valence-corrected chi connectivity index (χ2v) is 5.98. The second-order valence-electron chi connectivity index (χ2n) is 4.11. The minimum absolute atomic E-state index is 0.139. The van der Waals surface area contributed by atoms with E-state index in [-0.39, 0.29) is 5.25 Å². The van der Waals surface area contributed by atoms with Gasteiger partial charge < -0.3 is 0 Å². The van der Waals surface area contributed by atoms with E-state index < -0.39 is 10.8 Å². The van der Waals surface area contributed by atoms with E-state index in [1.807, 2.05) is 55.5 Å². The topological polar surface area (TPSA) is 17.1 Å². The van der Waals surface area contributed by atoms with Gasteiger partial charge in [-0.1, -0.05) is 55.5 Å². The molecule has 0 amide bonds. The molecule has 0 aliphatic carbocycles. The Morgan fingerprint density at radius 3 is 2.06 bits per heavy atom. The molecule has 17 heavy (non-hydrogen) atoms. The monoisotopic (exact) mass is 244 g/mol. The summed E-state index contributed by atoms with van der Waals surface area (Å²) in [7, 11) is -0.929. The molecule has 0 aromatic heterocycles. The molecule has 2 atom stereocenters. The fourth-order valence-corrected chi connectivity index (χ4v) is 3.04. The van der Waals surface area contributed by atoms with Crippen LogP contribution in [0.2, 0.25) is 0 Å². The number of hydrogen-bond donors (Lipinski definition) is 0. The molecule has 0 aliphatic rings. The van der Waals surface area contributed by atoms with E-state index in [1.54, 1.807) is 0 Å². The molecule has 0 aliphatic heterocycles. The van der Waals surface area contributed by atoms with E-state index in [0.29, 0.717) is 0 Å². The van der Waals surface area contributed by atoms with Crippen molar-refractivity contribution in [1.82, 2.24) is 0 Å². The van der Waals surface area contributed by atoms with Crippen molar-refractivity contribution in [2.45, 2.75) is 23.5 Å². The third kappa shape index (κ3) is 3.27. The summed E-state index contributed by atoms with van der Waals surface area (Å²) in [6.45, 7) is 2.04. The van der Waals surface area contributed by atoms with Gasteiger partial charge >= 0.3 is 0 Å². The van der Waals surface area contributed by atoms with Crippen molar-refractivity contribution in [1.29, 1.82) is 0 Å². The Morgan fingerprint density at radius 1 is 0.941 bits per heavy atom. The van der Waals surface area contributed by atoms with Gasteiger partial charge in [0.2, 0.25) is 0 Å². The average Bonchev–Trinajstić information content (AvgIpc) is 2.40. The number of hydrogen-bond acceptors (Lipinski definition) is 1. The average molecular weight is 244 g/mol. The zero-order valence-electron chi connectivity index (χ0n) is 9.87. The van der Waals surface area contributed by atoms with Gasteiger partial charge in [0.1, 0.15) is 0 Å². The standard InChI is InChI=1S/C15H16OS/c1-13(12-14-8-4-2-5-9-14)17(16)15-10-6-3-7-11-15/h2-11,13H,12H2,1H3. The van der Waals surface area contributed by atoms with Crippen molar-refractivity contribution < 1.29 is 4.21 Å². The molecule has 2 unspecified atom stereocenters. The van der Waals surface area contributed by atoms with E-state index in [4.69, 9.17) is 0 Å². The Balaban J connectivity index is 2.06. The van der Waals surface area contributed by atoms with Crippen molar-refractivity contribution in [2.75, 3.05) is 0 Å². The van der Waals surface area contributed by atoms with Crippen molar-refractivity contribution in [3.8, 4) is 0 Å². The lowest BCUT2D eigenvalue weighted by molar-refractivity contribution is 0.672. The van der Waals surface area contributed by atoms with Gasteiger partial charge in [-0.25, -0.2) is 0 Å². The summed E-state index contributed by atoms with van der Waals surface area (Å²) in [5.74, 6) is 0. The molecule has 2 aromatic carbocycles. The Bertz CT molecular complexity index is 479. The molecule has 0 saturated carbocycles. The molecular weight excluding hydrogens is 228 g/mol. The van der Waals surface area contributed by atoms with Crippen molar-refractivity contribution in [2.24, 2.45) is 0 Å². The lowest BCUT2D eigenvalue weighted by Crippen LogP contribution is -2.14. The third-order valence-electron chi connectivity index (χ3n) is 2.71. The zero-order chi connectivity index (χ0) is 12.1. The van der Waals surface area contributed by atoms with Gasteiger partial charge in [0.15, 0.2) is 0 Å². The summed E-state index contributed by atoms with van der Waals surface area (Å²) in [6.07, 6.45) is 0.850. The summed E-state index contributed by atoms with van der Waals surface area (Å²) < 4.78 is 12.3. The van der Waals surface area contributed by atoms with E-state index in [9.17, 15) is 4.21 Å². The zero-order valence-corrected chi connectivity index (χ0v) is 10.7. The van der Waals surface area contributed by atoms with E-state index >= 15 is 0 Å². The minimum Gasteiger partial charge on any atom is -0.254 e. The molecule has 0 N–H and O–H groups in total. The maximum atomic E-state index is 12.3. The molecule has 1 nitrogen and oxygen atoms in total. The van der Waals surface area contributed by atoms with Crippen LogP contribution in [0.1, 0.15) is 12.5 Å². The Labute approximate surface area is 105 Å². The molecule has 0 bridgehead atoms. The minimum atomic E-state index is -0.929. The predicted octanol–water partition coefficient (Wildman–Crippen LogP) is 3.43. The molecule has 0 spiro atoms. The van der Waals surface area contributed by atoms with E-state index in [1.165, 1.54) is 5.56 Å². The fraction of sp³-hybridized carbons (Fsp3) is 0.200. The smallest absolute Gasteiger partial charge is 0.0561 e. The number of benzene rings is 2. The Kier molecular flexibility index (Phi) is 4.10. The molecule has 0 heterocycles. The van der Waals surface area contributed by atoms with Crippen LogP contribution in [0.5, 0.6) is 0 Å². The van der Waals surface area contributed by atoms with Crippen LogP contribution in [0.3, 0.4) is 0 Å². The van der Waals surface area contributed by atoms with Crippen molar-refractivity contribution in [3.05, 3.63) is 66.2 Å². The first-order valence-electron chi connectivity index (χ1n) is 5.77. The first kappa shape index (κ1) is 12.1. The normalized spacial score (nSPS) is 14.2. The summed E-state index contributed by atoms with van der Waals surface area (Å²) in [4.78, 5) is 0.913. The predicted molar refractivity (Wildman–Crippen MR) is 72.5 cm³/mol. The third-order valence-corrected chi connectivity index (χ3v) is 4.34. The van der Waals surface area contributed by atoms with Gasteiger partial charge in [0, 0.05) is 10.1 Å². The summed E-state index contributed by atoms with van der Waals surface area (Å²) in [5, 5.41) is 0.139. The van der Waals surface area contributed by atoms with Crippen LogP contribution >= 0.6 is 0 Å². The summed E-state index contributed by atoms with van der Waals surface area (Å²) >= 11 is 0. The summed E-state index contributed by atoms with van der Waals surface area (Å²) in [5.41, 5.74) is 1.24. The maximum Gasteiger partial charge on any atom is 0.0561 e. The first-order chi connectivity index (χ1) is 8.27. The lowest BCUT2D eigenvalue weighted by atomic mass is 10.1. The van der Waals surface area contributed by atoms with Crippen LogP contribution in [-0.4, -0.2) is 9.46 Å². The van der Waals surface area contributed by atoms with Crippen molar-refractivity contribution in [3.63, 3.8) is 0 Å². The van der Waals surface area contributed by atoms with E-state index in [2.05, 4.69) is 12.1 Å². The van der Waals surface area contributed by atoms with Gasteiger partial charge in [0.25, 0.3) is 0 Å². The molecule has 2 aromatic rings. The van der Waals surface area contributed by atoms with Crippen LogP contribution in [0, 0.1) is 0 Å². The van der Waals surface area contributed by atoms with Crippen LogP contribution in [0.25, 0.3) is 0 Å². The highest BCUT2D eigenvalue weighted by molar-refractivity contribution is 7.85. The highest BCUT2D eigenvalue weighted by Crippen LogP contribution is 2.14. The van der Waals surface area contributed by atoms with E-state index in [0.717, 1.165) is 11.3 Å². The van der Waals surface area contributed by atoms with Crippen LogP contribution in [0.15, 0.2) is 65.6 Å². The van der Waals surface area contributed by atoms with Gasteiger partial charge in [-0.05, 0) is 24.1 Å². The van der Waals surface area contributed by atoms with Crippen molar-refractivity contribution >= 4 is 10.8 Å². The molecular formula is C15H16OS. The lowest BCUT2D eigenvalue weighted by Gasteiger charge is -2.11. The second kappa shape index (κ2) is 5.78. The SMILES string of the molecule is CC(Cc1ccccc1)S(=O)c1ccccc1. The fourth-order valence-electron chi connectivity index (χ4n) is 1.81. The highest BCUT2D eigenvalue weighted by atomic mass is 32.2. The molecule has 0 saturated heterocycles. The Hall–Kier alpha value is -1.41. The van der Waals surface area contributed by atoms with Gasteiger partial charge in [-0.2, -0.15) is 0 Å². The Morgan fingerprint density at radius 2 is 1.47 bits per heavy atom. The molecule has 0 fully saturated rings. The molecule has 2 rings (SSSR count). The summed E-state index contributed by atoms with van der Waals surface area (Å²) in [6, 6.07) is 19.9. The van der Waals surface area contributed by atoms with Crippen LogP contribution in [-0.2, 0) is 17.2 Å². The maximum absolute atomic E-state index is 12.3. The molecule has 88 valence electrons. The highest BCUT2D eigenvalue weighted by Gasteiger charge is 2.13. The largest absolute Gasteiger partial charge is 0.254 e. The van der Waals surface area contributed by atoms with Gasteiger partial charge in [-0.3, -0.25) is 4.21 Å². The van der Waals surface area contributed by atoms with Gasteiger partial charge in [0.05, 0.1) is 10.8 Å². The molecule has 2 heteroatoms. The van der Waals surface area contributed by atoms with Crippen LogP contribution in [0.4, 0.5) is 0 Å². The first-order valence-corrected chi connectivity index (χ1v) is 6.98. The quantitative estimate of drug-likeness (QED) is 0.805. The van der Waals surface area contributed by atoms with Gasteiger partial charge in [-0.15, -0.1) is 0 Å². The molecule has 0 radical (unpaired) electrons. The van der Waals surface area contributed by atoms with Crippen LogP contribution < -0.4 is 0 Å².